The maximum atomic E-state index is 13.8. The van der Waals surface area contributed by atoms with Crippen LogP contribution in [0, 0.1) is 16.0 Å². The first-order chi connectivity index (χ1) is 15.9. The Labute approximate surface area is 197 Å². The van der Waals surface area contributed by atoms with Crippen molar-refractivity contribution in [2.24, 2.45) is 10.9 Å². The Hall–Kier alpha value is -3.51. The van der Waals surface area contributed by atoms with Gasteiger partial charge in [0.25, 0.3) is 11.6 Å². The Kier molecular flexibility index (Phi) is 6.56. The molecule has 0 fully saturated rings. The number of amides is 1. The quantitative estimate of drug-likeness (QED) is 0.331. The lowest BCUT2D eigenvalue weighted by Gasteiger charge is -2.27. The van der Waals surface area contributed by atoms with Gasteiger partial charge in [-0.2, -0.15) is 0 Å². The Bertz CT molecular complexity index is 1230. The summed E-state index contributed by atoms with van der Waals surface area (Å²) in [5, 5.41) is 11.8. The number of benzene rings is 3. The number of nitro benzene ring substituents is 1. The summed E-state index contributed by atoms with van der Waals surface area (Å²) in [6, 6.07) is 20.9. The summed E-state index contributed by atoms with van der Waals surface area (Å²) in [5.41, 5.74) is 3.73. The van der Waals surface area contributed by atoms with E-state index in [4.69, 9.17) is 16.6 Å². The largest absolute Gasteiger partial charge is 0.305 e. The van der Waals surface area contributed by atoms with Crippen LogP contribution in [0.5, 0.6) is 0 Å². The monoisotopic (exact) mass is 461 g/mol. The third-order valence-corrected chi connectivity index (χ3v) is 6.22. The van der Waals surface area contributed by atoms with Gasteiger partial charge in [0.1, 0.15) is 6.04 Å². The van der Waals surface area contributed by atoms with Gasteiger partial charge in [-0.05, 0) is 29.7 Å². The lowest BCUT2D eigenvalue weighted by atomic mass is 9.97. The van der Waals surface area contributed by atoms with E-state index in [-0.39, 0.29) is 24.1 Å². The van der Waals surface area contributed by atoms with Gasteiger partial charge >= 0.3 is 0 Å². The summed E-state index contributed by atoms with van der Waals surface area (Å²) >= 11 is 6.38. The fraction of sp³-hybridized carbons (Fsp3) is 0.231. The number of carbonyl (C=O) groups is 1. The number of non-ortho nitro benzene ring substituents is 1. The molecule has 6 nitrogen and oxygen atoms in total. The molecule has 0 saturated carbocycles. The molecule has 1 amide bonds. The number of hydrogen-bond donors (Lipinski definition) is 0. The van der Waals surface area contributed by atoms with Crippen LogP contribution in [0.1, 0.15) is 37.0 Å². The van der Waals surface area contributed by atoms with E-state index in [1.165, 1.54) is 12.1 Å². The fourth-order valence-electron chi connectivity index (χ4n) is 4.01. The van der Waals surface area contributed by atoms with Gasteiger partial charge in [0, 0.05) is 28.3 Å². The van der Waals surface area contributed by atoms with Crippen LogP contribution in [0.4, 0.5) is 11.4 Å². The first kappa shape index (κ1) is 22.7. The summed E-state index contributed by atoms with van der Waals surface area (Å²) in [4.78, 5) is 31.3. The van der Waals surface area contributed by atoms with Crippen LogP contribution in [-0.2, 0) is 11.3 Å². The first-order valence-corrected chi connectivity index (χ1v) is 11.2. The zero-order valence-corrected chi connectivity index (χ0v) is 19.2. The van der Waals surface area contributed by atoms with E-state index in [9.17, 15) is 14.9 Å². The van der Waals surface area contributed by atoms with Gasteiger partial charge in [0.05, 0.1) is 22.9 Å². The van der Waals surface area contributed by atoms with E-state index in [2.05, 4.69) is 0 Å². The number of nitro groups is 1. The predicted octanol–water partition coefficient (Wildman–Crippen LogP) is 6.05. The SMILES string of the molecule is CC[C@@H](C)[C@@H]1N=C(c2ccccc2)c2cc(Cl)ccc2N(Cc2cccc([N+](=O)[O-])c2)C1=O. The molecule has 3 aromatic carbocycles. The van der Waals surface area contributed by atoms with E-state index in [0.29, 0.717) is 22.0 Å². The van der Waals surface area contributed by atoms with Crippen molar-refractivity contribution in [1.82, 2.24) is 0 Å². The maximum Gasteiger partial charge on any atom is 0.269 e. The van der Waals surface area contributed by atoms with Gasteiger partial charge in [0.2, 0.25) is 0 Å². The topological polar surface area (TPSA) is 75.8 Å². The molecule has 3 aromatic rings. The molecule has 2 atom stereocenters. The summed E-state index contributed by atoms with van der Waals surface area (Å²) in [5.74, 6) is -0.126. The molecule has 7 heteroatoms. The summed E-state index contributed by atoms with van der Waals surface area (Å²) in [6.45, 7) is 4.25. The highest BCUT2D eigenvalue weighted by molar-refractivity contribution is 6.32. The van der Waals surface area contributed by atoms with Crippen LogP contribution in [-0.4, -0.2) is 22.6 Å². The number of rotatable bonds is 6. The second kappa shape index (κ2) is 9.55. The molecule has 0 aromatic heterocycles. The molecule has 0 N–H and O–H groups in total. The van der Waals surface area contributed by atoms with Crippen molar-refractivity contribution in [2.45, 2.75) is 32.9 Å². The van der Waals surface area contributed by atoms with Gasteiger partial charge < -0.3 is 4.90 Å². The Morgan fingerprint density at radius 1 is 1.09 bits per heavy atom. The highest BCUT2D eigenvalue weighted by Crippen LogP contribution is 2.34. The first-order valence-electron chi connectivity index (χ1n) is 10.9. The van der Waals surface area contributed by atoms with E-state index < -0.39 is 11.0 Å². The van der Waals surface area contributed by atoms with Crippen molar-refractivity contribution in [1.29, 1.82) is 0 Å². The Morgan fingerprint density at radius 2 is 1.85 bits per heavy atom. The van der Waals surface area contributed by atoms with Crippen molar-refractivity contribution in [3.05, 3.63) is 105 Å². The van der Waals surface area contributed by atoms with Crippen LogP contribution in [0.15, 0.2) is 77.8 Å². The maximum absolute atomic E-state index is 13.8. The van der Waals surface area contributed by atoms with Crippen LogP contribution in [0.2, 0.25) is 5.02 Å². The highest BCUT2D eigenvalue weighted by Gasteiger charge is 2.35. The molecule has 0 bridgehead atoms. The molecular formula is C26H24ClN3O3. The number of nitrogens with zero attached hydrogens (tertiary/aromatic N) is 3. The lowest BCUT2D eigenvalue weighted by Crippen LogP contribution is -2.40. The molecule has 0 radical (unpaired) electrons. The van der Waals surface area contributed by atoms with Crippen LogP contribution >= 0.6 is 11.6 Å². The van der Waals surface area contributed by atoms with E-state index in [1.807, 2.05) is 56.3 Å². The van der Waals surface area contributed by atoms with E-state index in [0.717, 1.165) is 17.5 Å². The molecule has 0 saturated heterocycles. The predicted molar refractivity (Wildman–Crippen MR) is 131 cm³/mol. The lowest BCUT2D eigenvalue weighted by molar-refractivity contribution is -0.384. The number of halogens is 1. The second-order valence-electron chi connectivity index (χ2n) is 8.19. The van der Waals surface area contributed by atoms with Crippen LogP contribution < -0.4 is 4.90 Å². The second-order valence-corrected chi connectivity index (χ2v) is 8.62. The molecule has 1 aliphatic heterocycles. The molecule has 1 aliphatic rings. The van der Waals surface area contributed by atoms with Crippen molar-refractivity contribution < 1.29 is 9.72 Å². The van der Waals surface area contributed by atoms with E-state index >= 15 is 0 Å². The molecule has 4 rings (SSSR count). The number of fused-ring (bicyclic) bond motifs is 1. The Balaban J connectivity index is 1.89. The minimum Gasteiger partial charge on any atom is -0.305 e. The number of benzodiazepines with no additional fused rings is 1. The summed E-state index contributed by atoms with van der Waals surface area (Å²) in [7, 11) is 0. The van der Waals surface area contributed by atoms with Gasteiger partial charge in [0.15, 0.2) is 0 Å². The molecule has 0 aliphatic carbocycles. The van der Waals surface area contributed by atoms with Crippen molar-refractivity contribution in [2.75, 3.05) is 4.90 Å². The average Bonchev–Trinajstić information content (AvgIpc) is 2.94. The molecule has 0 spiro atoms. The summed E-state index contributed by atoms with van der Waals surface area (Å²) < 4.78 is 0. The normalized spacial score (nSPS) is 16.6. The minimum atomic E-state index is -0.588. The number of aliphatic imine (C=N–C) groups is 1. The van der Waals surface area contributed by atoms with Crippen LogP contribution in [0.3, 0.4) is 0 Å². The standard InChI is InChI=1S/C26H24ClN3O3/c1-3-17(2)24-26(31)29(16-18-8-7-11-21(14-18)30(32)33)23-13-12-20(27)15-22(23)25(28-24)19-9-5-4-6-10-19/h4-15,17,24H,3,16H2,1-2H3/t17-,24+/m1/s1. The van der Waals surface area contributed by atoms with Crippen molar-refractivity contribution >= 4 is 34.6 Å². The average molecular weight is 462 g/mol. The Morgan fingerprint density at radius 3 is 2.55 bits per heavy atom. The van der Waals surface area contributed by atoms with E-state index in [1.54, 1.807) is 23.1 Å². The molecule has 33 heavy (non-hydrogen) atoms. The smallest absolute Gasteiger partial charge is 0.269 e. The number of hydrogen-bond acceptors (Lipinski definition) is 4. The minimum absolute atomic E-state index is 0.00797. The van der Waals surface area contributed by atoms with Crippen molar-refractivity contribution in [3.63, 3.8) is 0 Å². The zero-order valence-electron chi connectivity index (χ0n) is 18.4. The number of anilines is 1. The third-order valence-electron chi connectivity index (χ3n) is 5.98. The number of carbonyl (C=O) groups excluding carboxylic acids is 1. The van der Waals surface area contributed by atoms with Gasteiger partial charge in [-0.25, -0.2) is 0 Å². The third kappa shape index (κ3) is 4.66. The molecule has 0 unspecified atom stereocenters. The molecule has 1 heterocycles. The highest BCUT2D eigenvalue weighted by atomic mass is 35.5. The van der Waals surface area contributed by atoms with Crippen LogP contribution in [0.25, 0.3) is 0 Å². The molecular weight excluding hydrogens is 438 g/mol. The summed E-state index contributed by atoms with van der Waals surface area (Å²) in [6.07, 6.45) is 0.781. The zero-order chi connectivity index (χ0) is 23.5. The van der Waals surface area contributed by atoms with Gasteiger partial charge in [-0.15, -0.1) is 0 Å². The van der Waals surface area contributed by atoms with Crippen molar-refractivity contribution in [3.8, 4) is 0 Å². The van der Waals surface area contributed by atoms with Gasteiger partial charge in [-0.1, -0.05) is 74.3 Å². The van der Waals surface area contributed by atoms with Gasteiger partial charge in [-0.3, -0.25) is 19.9 Å². The molecule has 168 valence electrons. The fourth-order valence-corrected chi connectivity index (χ4v) is 4.18.